The summed E-state index contributed by atoms with van der Waals surface area (Å²) in [7, 11) is 0. The molecule has 138 valence electrons. The molecule has 0 saturated carbocycles. The minimum atomic E-state index is -4.59. The van der Waals surface area contributed by atoms with Crippen LogP contribution in [0.5, 0.6) is 0 Å². The highest BCUT2D eigenvalue weighted by atomic mass is 32.1. The van der Waals surface area contributed by atoms with Crippen LogP contribution in [0, 0.1) is 0 Å². The number of benzene rings is 2. The van der Waals surface area contributed by atoms with Gasteiger partial charge in [-0.15, -0.1) is 11.3 Å². The molecule has 0 aliphatic rings. The number of nitrogens with one attached hydrogen (secondary N) is 1. The topological polar surface area (TPSA) is 72.2 Å². The smallest absolute Gasteiger partial charge is 0.366 e. The van der Waals surface area contributed by atoms with Crippen molar-refractivity contribution in [2.24, 2.45) is 5.73 Å². The van der Waals surface area contributed by atoms with E-state index in [1.165, 1.54) is 23.6 Å². The number of halogens is 3. The molecule has 0 aliphatic heterocycles. The normalized spacial score (nSPS) is 11.2. The van der Waals surface area contributed by atoms with Gasteiger partial charge in [0, 0.05) is 11.1 Å². The largest absolute Gasteiger partial charge is 0.417 e. The van der Waals surface area contributed by atoms with Crippen molar-refractivity contribution in [1.29, 1.82) is 0 Å². The van der Waals surface area contributed by atoms with Crippen molar-refractivity contribution in [3.63, 3.8) is 0 Å². The Bertz CT molecular complexity index is 998. The number of anilines is 1. The second-order valence-electron chi connectivity index (χ2n) is 5.64. The summed E-state index contributed by atoms with van der Waals surface area (Å²) in [4.78, 5) is 23.5. The zero-order valence-corrected chi connectivity index (χ0v) is 14.5. The van der Waals surface area contributed by atoms with Gasteiger partial charge in [0.15, 0.2) is 0 Å². The molecule has 3 rings (SSSR count). The summed E-state index contributed by atoms with van der Waals surface area (Å²) in [5.74, 6) is -1.30. The Morgan fingerprint density at radius 1 is 1.00 bits per heavy atom. The number of hydrogen-bond donors (Lipinski definition) is 2. The van der Waals surface area contributed by atoms with E-state index in [2.05, 4.69) is 5.32 Å². The molecule has 2 aromatic carbocycles. The molecule has 4 nitrogen and oxygen atoms in total. The Labute approximate surface area is 156 Å². The first-order valence-corrected chi connectivity index (χ1v) is 8.60. The first-order valence-electron chi connectivity index (χ1n) is 7.72. The number of hydrogen-bond acceptors (Lipinski definition) is 3. The molecule has 27 heavy (non-hydrogen) atoms. The highest BCUT2D eigenvalue weighted by Gasteiger charge is 2.34. The lowest BCUT2D eigenvalue weighted by Crippen LogP contribution is -2.13. The average Bonchev–Trinajstić information content (AvgIpc) is 3.12. The third-order valence-electron chi connectivity index (χ3n) is 3.78. The standard InChI is InChI=1S/C19H13F3N2O2S/c20-19(21,22)15-9-13(6-7-14(15)11-4-2-1-3-5-11)24-18(26)16-8-12(10-27-16)17(23)25/h1-10H,(H2,23,25)(H,24,26). The molecule has 0 bridgehead atoms. The number of thiophene rings is 1. The predicted molar refractivity (Wildman–Crippen MR) is 97.7 cm³/mol. The summed E-state index contributed by atoms with van der Waals surface area (Å²) >= 11 is 0.980. The molecule has 0 unspecified atom stereocenters. The van der Waals surface area contributed by atoms with E-state index < -0.39 is 23.6 Å². The molecule has 3 aromatic rings. The van der Waals surface area contributed by atoms with Crippen LogP contribution in [0.25, 0.3) is 11.1 Å². The van der Waals surface area contributed by atoms with E-state index in [0.29, 0.717) is 5.56 Å². The van der Waals surface area contributed by atoms with Crippen LogP contribution in [0.1, 0.15) is 25.6 Å². The Balaban J connectivity index is 1.92. The number of rotatable bonds is 4. The highest BCUT2D eigenvalue weighted by molar-refractivity contribution is 7.12. The van der Waals surface area contributed by atoms with Gasteiger partial charge >= 0.3 is 6.18 Å². The van der Waals surface area contributed by atoms with Gasteiger partial charge in [0.05, 0.1) is 16.0 Å². The number of primary amides is 1. The van der Waals surface area contributed by atoms with E-state index in [1.54, 1.807) is 30.3 Å². The number of nitrogens with two attached hydrogens (primary N) is 1. The minimum absolute atomic E-state index is 0.000955. The number of alkyl halides is 3. The van der Waals surface area contributed by atoms with Gasteiger partial charge in [-0.1, -0.05) is 36.4 Å². The van der Waals surface area contributed by atoms with Crippen LogP contribution in [0.4, 0.5) is 18.9 Å². The fraction of sp³-hybridized carbons (Fsp3) is 0.0526. The molecule has 1 aromatic heterocycles. The molecular weight excluding hydrogens is 377 g/mol. The van der Waals surface area contributed by atoms with Gasteiger partial charge in [0.25, 0.3) is 5.91 Å². The summed E-state index contributed by atoms with van der Waals surface area (Å²) in [6, 6.07) is 13.1. The zero-order chi connectivity index (χ0) is 19.6. The fourth-order valence-corrected chi connectivity index (χ4v) is 3.29. The zero-order valence-electron chi connectivity index (χ0n) is 13.7. The quantitative estimate of drug-likeness (QED) is 0.673. The maximum absolute atomic E-state index is 13.5. The highest BCUT2D eigenvalue weighted by Crippen LogP contribution is 2.38. The van der Waals surface area contributed by atoms with Crippen molar-refractivity contribution >= 4 is 28.8 Å². The van der Waals surface area contributed by atoms with Gasteiger partial charge in [0.1, 0.15) is 0 Å². The van der Waals surface area contributed by atoms with Gasteiger partial charge in [-0.2, -0.15) is 13.2 Å². The maximum atomic E-state index is 13.5. The number of amides is 2. The lowest BCUT2D eigenvalue weighted by atomic mass is 9.98. The number of carbonyl (C=O) groups is 2. The van der Waals surface area contributed by atoms with E-state index in [0.717, 1.165) is 17.4 Å². The van der Waals surface area contributed by atoms with Crippen molar-refractivity contribution in [3.8, 4) is 11.1 Å². The maximum Gasteiger partial charge on any atom is 0.417 e. The van der Waals surface area contributed by atoms with Gasteiger partial charge in [-0.25, -0.2) is 0 Å². The number of carbonyl (C=O) groups excluding carboxylic acids is 2. The van der Waals surface area contributed by atoms with Crippen LogP contribution in [-0.2, 0) is 6.18 Å². The molecule has 2 amide bonds. The molecule has 0 spiro atoms. The lowest BCUT2D eigenvalue weighted by molar-refractivity contribution is -0.137. The molecule has 3 N–H and O–H groups in total. The second-order valence-corrected chi connectivity index (χ2v) is 6.55. The Morgan fingerprint density at radius 2 is 1.70 bits per heavy atom. The van der Waals surface area contributed by atoms with Crippen LogP contribution in [0.3, 0.4) is 0 Å². The first-order chi connectivity index (χ1) is 12.8. The molecule has 0 fully saturated rings. The molecular formula is C19H13F3N2O2S. The predicted octanol–water partition coefficient (Wildman–Crippen LogP) is 4.79. The second kappa shape index (κ2) is 7.24. The van der Waals surface area contributed by atoms with Crippen molar-refractivity contribution in [3.05, 3.63) is 76.0 Å². The Hall–Kier alpha value is -3.13. The summed E-state index contributed by atoms with van der Waals surface area (Å²) < 4.78 is 40.5. The van der Waals surface area contributed by atoms with E-state index in [9.17, 15) is 22.8 Å². The minimum Gasteiger partial charge on any atom is -0.366 e. The average molecular weight is 390 g/mol. The molecule has 8 heteroatoms. The summed E-state index contributed by atoms with van der Waals surface area (Å²) in [5, 5.41) is 3.83. The van der Waals surface area contributed by atoms with Crippen LogP contribution < -0.4 is 11.1 Å². The Kier molecular flexibility index (Phi) is 5.00. The van der Waals surface area contributed by atoms with Crippen LogP contribution in [0.2, 0.25) is 0 Å². The first kappa shape index (κ1) is 18.7. The van der Waals surface area contributed by atoms with E-state index in [4.69, 9.17) is 5.73 Å². The van der Waals surface area contributed by atoms with E-state index in [1.807, 2.05) is 0 Å². The van der Waals surface area contributed by atoms with Crippen LogP contribution >= 0.6 is 11.3 Å². The van der Waals surface area contributed by atoms with Gasteiger partial charge in [-0.05, 0) is 29.3 Å². The van der Waals surface area contributed by atoms with Gasteiger partial charge in [0.2, 0.25) is 5.91 Å². The SMILES string of the molecule is NC(=O)c1csc(C(=O)Nc2ccc(-c3ccccc3)c(C(F)(F)F)c2)c1. The molecule has 0 aliphatic carbocycles. The molecule has 0 radical (unpaired) electrons. The summed E-state index contributed by atoms with van der Waals surface area (Å²) in [5.41, 5.74) is 4.89. The van der Waals surface area contributed by atoms with Gasteiger partial charge in [-0.3, -0.25) is 9.59 Å². The van der Waals surface area contributed by atoms with Crippen molar-refractivity contribution in [2.75, 3.05) is 5.32 Å². The van der Waals surface area contributed by atoms with E-state index in [-0.39, 0.29) is 21.7 Å². The van der Waals surface area contributed by atoms with Crippen molar-refractivity contribution < 1.29 is 22.8 Å². The Morgan fingerprint density at radius 3 is 2.30 bits per heavy atom. The molecule has 0 saturated heterocycles. The fourth-order valence-electron chi connectivity index (χ4n) is 2.50. The van der Waals surface area contributed by atoms with E-state index >= 15 is 0 Å². The lowest BCUT2D eigenvalue weighted by Gasteiger charge is -2.15. The third-order valence-corrected chi connectivity index (χ3v) is 4.70. The van der Waals surface area contributed by atoms with Gasteiger partial charge < -0.3 is 11.1 Å². The van der Waals surface area contributed by atoms with Crippen LogP contribution in [0.15, 0.2) is 60.0 Å². The monoisotopic (exact) mass is 390 g/mol. The molecule has 0 atom stereocenters. The van der Waals surface area contributed by atoms with Crippen LogP contribution in [-0.4, -0.2) is 11.8 Å². The van der Waals surface area contributed by atoms with Crippen molar-refractivity contribution in [2.45, 2.75) is 6.18 Å². The summed E-state index contributed by atoms with van der Waals surface area (Å²) in [6.45, 7) is 0. The van der Waals surface area contributed by atoms with Crippen molar-refractivity contribution in [1.82, 2.24) is 0 Å². The molecule has 1 heterocycles. The summed E-state index contributed by atoms with van der Waals surface area (Å²) in [6.07, 6.45) is -4.59. The third kappa shape index (κ3) is 4.17.